The van der Waals surface area contributed by atoms with E-state index in [4.69, 9.17) is 0 Å². The van der Waals surface area contributed by atoms with E-state index in [9.17, 15) is 9.70 Å². The van der Waals surface area contributed by atoms with Crippen molar-refractivity contribution in [3.05, 3.63) is 34.7 Å². The highest BCUT2D eigenvalue weighted by molar-refractivity contribution is 5.78. The predicted molar refractivity (Wildman–Crippen MR) is 49.7 cm³/mol. The standard InChI is InChI=1S/C9H10N2O2/c1-10-9(12)6-7-2-4-8(11-13)5-3-7/h2-5H,6H2,1H3,(H,10,12). The van der Waals surface area contributed by atoms with Gasteiger partial charge in [0.05, 0.1) is 6.42 Å². The summed E-state index contributed by atoms with van der Waals surface area (Å²) in [5.74, 6) is -0.0492. The molecule has 4 nitrogen and oxygen atoms in total. The second-order valence-electron chi connectivity index (χ2n) is 2.61. The van der Waals surface area contributed by atoms with Gasteiger partial charge in [0.2, 0.25) is 5.91 Å². The van der Waals surface area contributed by atoms with Crippen LogP contribution in [-0.2, 0) is 11.2 Å². The molecule has 1 N–H and O–H groups in total. The lowest BCUT2D eigenvalue weighted by molar-refractivity contribution is -0.119. The van der Waals surface area contributed by atoms with Gasteiger partial charge in [-0.05, 0) is 22.9 Å². The molecule has 0 spiro atoms. The first-order valence-electron chi connectivity index (χ1n) is 3.89. The van der Waals surface area contributed by atoms with Crippen LogP contribution < -0.4 is 5.32 Å². The molecule has 0 aliphatic rings. The SMILES string of the molecule is CNC(=O)Cc1ccc(N=O)cc1. The Balaban J connectivity index is 2.69. The minimum Gasteiger partial charge on any atom is -0.359 e. The van der Waals surface area contributed by atoms with E-state index in [0.717, 1.165) is 5.56 Å². The van der Waals surface area contributed by atoms with Crippen molar-refractivity contribution >= 4 is 11.6 Å². The van der Waals surface area contributed by atoms with Crippen molar-refractivity contribution < 1.29 is 4.79 Å². The Morgan fingerprint density at radius 3 is 2.46 bits per heavy atom. The largest absolute Gasteiger partial charge is 0.359 e. The molecule has 0 bridgehead atoms. The molecular weight excluding hydrogens is 168 g/mol. The van der Waals surface area contributed by atoms with Gasteiger partial charge in [-0.15, -0.1) is 4.91 Å². The number of carbonyl (C=O) groups excluding carboxylic acids is 1. The van der Waals surface area contributed by atoms with Gasteiger partial charge >= 0.3 is 0 Å². The molecule has 68 valence electrons. The summed E-state index contributed by atoms with van der Waals surface area (Å²) < 4.78 is 0. The number of nitrogens with one attached hydrogen (secondary N) is 1. The molecule has 4 heteroatoms. The molecule has 1 amide bonds. The molecule has 0 fully saturated rings. The fraction of sp³-hybridized carbons (Fsp3) is 0.222. The molecule has 0 unspecified atom stereocenters. The van der Waals surface area contributed by atoms with Crippen LogP contribution in [0.2, 0.25) is 0 Å². The van der Waals surface area contributed by atoms with Crippen LogP contribution in [-0.4, -0.2) is 13.0 Å². The number of rotatable bonds is 3. The molecule has 1 rings (SSSR count). The predicted octanol–water partition coefficient (Wildman–Crippen LogP) is 1.37. The van der Waals surface area contributed by atoms with Gasteiger partial charge in [0.15, 0.2) is 0 Å². The summed E-state index contributed by atoms with van der Waals surface area (Å²) >= 11 is 0. The number of likely N-dealkylation sites (N-methyl/N-ethyl adjacent to an activating group) is 1. The van der Waals surface area contributed by atoms with Gasteiger partial charge in [0.25, 0.3) is 0 Å². The van der Waals surface area contributed by atoms with Gasteiger partial charge in [-0.2, -0.15) is 0 Å². The number of amides is 1. The molecular formula is C9H10N2O2. The summed E-state index contributed by atoms with van der Waals surface area (Å²) in [7, 11) is 1.59. The summed E-state index contributed by atoms with van der Waals surface area (Å²) in [4.78, 5) is 21.0. The first-order chi connectivity index (χ1) is 6.26. The molecule has 0 aliphatic heterocycles. The van der Waals surface area contributed by atoms with Crippen LogP contribution in [0.1, 0.15) is 5.56 Å². The van der Waals surface area contributed by atoms with E-state index in [2.05, 4.69) is 10.5 Å². The lowest BCUT2D eigenvalue weighted by Crippen LogP contribution is -2.19. The Morgan fingerprint density at radius 2 is 2.00 bits per heavy atom. The second-order valence-corrected chi connectivity index (χ2v) is 2.61. The molecule has 0 saturated heterocycles. The average Bonchev–Trinajstić information content (AvgIpc) is 2.19. The summed E-state index contributed by atoms with van der Waals surface area (Å²) in [6.07, 6.45) is 0.329. The van der Waals surface area contributed by atoms with E-state index in [1.165, 1.54) is 0 Å². The highest BCUT2D eigenvalue weighted by atomic mass is 16.3. The third-order valence-electron chi connectivity index (χ3n) is 1.69. The molecule has 0 aromatic heterocycles. The maximum Gasteiger partial charge on any atom is 0.224 e. The van der Waals surface area contributed by atoms with Crippen LogP contribution >= 0.6 is 0 Å². The Bertz CT molecular complexity index is 306. The number of carbonyl (C=O) groups is 1. The zero-order valence-electron chi connectivity index (χ0n) is 7.28. The van der Waals surface area contributed by atoms with E-state index in [-0.39, 0.29) is 5.91 Å². The normalized spacial score (nSPS) is 9.31. The summed E-state index contributed by atoms with van der Waals surface area (Å²) in [6, 6.07) is 6.61. The van der Waals surface area contributed by atoms with Crippen LogP contribution in [0.4, 0.5) is 5.69 Å². The van der Waals surface area contributed by atoms with Crippen LogP contribution in [0.15, 0.2) is 29.4 Å². The van der Waals surface area contributed by atoms with Gasteiger partial charge in [0.1, 0.15) is 5.69 Å². The molecule has 1 aromatic carbocycles. The Labute approximate surface area is 75.9 Å². The van der Waals surface area contributed by atoms with Crippen LogP contribution in [0.25, 0.3) is 0 Å². The number of hydrogen-bond acceptors (Lipinski definition) is 3. The van der Waals surface area contributed by atoms with Gasteiger partial charge in [-0.1, -0.05) is 12.1 Å². The first-order valence-corrected chi connectivity index (χ1v) is 3.89. The van der Waals surface area contributed by atoms with Gasteiger partial charge in [0, 0.05) is 7.05 Å². The number of benzene rings is 1. The Morgan fingerprint density at radius 1 is 1.38 bits per heavy atom. The zero-order chi connectivity index (χ0) is 9.68. The van der Waals surface area contributed by atoms with Gasteiger partial charge in [-0.3, -0.25) is 4.79 Å². The number of hydrogen-bond donors (Lipinski definition) is 1. The van der Waals surface area contributed by atoms with Crippen molar-refractivity contribution in [1.29, 1.82) is 0 Å². The summed E-state index contributed by atoms with van der Waals surface area (Å²) in [5, 5.41) is 5.28. The Hall–Kier alpha value is -1.71. The maximum atomic E-state index is 10.9. The maximum absolute atomic E-state index is 10.9. The Kier molecular flexibility index (Phi) is 3.14. The molecule has 0 radical (unpaired) electrons. The van der Waals surface area contributed by atoms with Crippen molar-refractivity contribution in [3.8, 4) is 0 Å². The van der Waals surface area contributed by atoms with E-state index < -0.39 is 0 Å². The topological polar surface area (TPSA) is 58.5 Å². The molecule has 1 aromatic rings. The second kappa shape index (κ2) is 4.35. The van der Waals surface area contributed by atoms with Crippen LogP contribution in [0.3, 0.4) is 0 Å². The third-order valence-corrected chi connectivity index (χ3v) is 1.69. The fourth-order valence-electron chi connectivity index (χ4n) is 0.948. The van der Waals surface area contributed by atoms with Crippen molar-refractivity contribution in [3.63, 3.8) is 0 Å². The van der Waals surface area contributed by atoms with Gasteiger partial charge < -0.3 is 5.32 Å². The summed E-state index contributed by atoms with van der Waals surface area (Å²) in [6.45, 7) is 0. The van der Waals surface area contributed by atoms with Crippen molar-refractivity contribution in [2.75, 3.05) is 7.05 Å². The monoisotopic (exact) mass is 178 g/mol. The van der Waals surface area contributed by atoms with Crippen LogP contribution in [0, 0.1) is 4.91 Å². The van der Waals surface area contributed by atoms with E-state index in [1.807, 2.05) is 0 Å². The smallest absolute Gasteiger partial charge is 0.224 e. The summed E-state index contributed by atoms with van der Waals surface area (Å²) in [5.41, 5.74) is 1.24. The van der Waals surface area contributed by atoms with E-state index in [0.29, 0.717) is 12.1 Å². The minimum atomic E-state index is -0.0492. The molecule has 13 heavy (non-hydrogen) atoms. The number of nitrogens with zero attached hydrogens (tertiary/aromatic N) is 1. The molecule has 0 atom stereocenters. The number of nitroso groups, excluding NO2 is 1. The van der Waals surface area contributed by atoms with E-state index in [1.54, 1.807) is 31.3 Å². The average molecular weight is 178 g/mol. The van der Waals surface area contributed by atoms with Crippen molar-refractivity contribution in [2.24, 2.45) is 5.18 Å². The third kappa shape index (κ3) is 2.66. The van der Waals surface area contributed by atoms with Gasteiger partial charge in [-0.25, -0.2) is 0 Å². The van der Waals surface area contributed by atoms with Crippen molar-refractivity contribution in [1.82, 2.24) is 5.32 Å². The quantitative estimate of drug-likeness (QED) is 0.710. The fourth-order valence-corrected chi connectivity index (χ4v) is 0.948. The highest BCUT2D eigenvalue weighted by Crippen LogP contribution is 2.12. The van der Waals surface area contributed by atoms with Crippen molar-refractivity contribution in [2.45, 2.75) is 6.42 Å². The molecule has 0 saturated carbocycles. The lowest BCUT2D eigenvalue weighted by atomic mass is 10.1. The van der Waals surface area contributed by atoms with Crippen LogP contribution in [0.5, 0.6) is 0 Å². The zero-order valence-corrected chi connectivity index (χ0v) is 7.28. The van der Waals surface area contributed by atoms with E-state index >= 15 is 0 Å². The minimum absolute atomic E-state index is 0.0492. The molecule has 0 aliphatic carbocycles. The first kappa shape index (κ1) is 9.38. The molecule has 0 heterocycles. The highest BCUT2D eigenvalue weighted by Gasteiger charge is 2.00. The lowest BCUT2D eigenvalue weighted by Gasteiger charge is -1.99.